The quantitative estimate of drug-likeness (QED) is 0.482. The van der Waals surface area contributed by atoms with Gasteiger partial charge in [-0.2, -0.15) is 0 Å². The predicted molar refractivity (Wildman–Crippen MR) is 68.4 cm³/mol. The van der Waals surface area contributed by atoms with Gasteiger partial charge in [-0.25, -0.2) is 0 Å². The summed E-state index contributed by atoms with van der Waals surface area (Å²) in [4.78, 5) is 10.2. The summed E-state index contributed by atoms with van der Waals surface area (Å²) in [5.41, 5.74) is 1.31. The van der Waals surface area contributed by atoms with E-state index in [0.29, 0.717) is 12.3 Å². The smallest absolute Gasteiger partial charge is 0.120 e. The van der Waals surface area contributed by atoms with Crippen molar-refractivity contribution in [1.82, 2.24) is 0 Å². The minimum atomic E-state index is -0.174. The van der Waals surface area contributed by atoms with Crippen molar-refractivity contribution in [1.29, 1.82) is 0 Å². The fourth-order valence-electron chi connectivity index (χ4n) is 1.67. The Kier molecular flexibility index (Phi) is 9.21. The predicted octanol–water partition coefficient (Wildman–Crippen LogP) is 3.49. The molecule has 2 atom stereocenters. The highest BCUT2D eigenvalue weighted by atomic mass is 16.3. The highest BCUT2D eigenvalue weighted by molar-refractivity contribution is 5.49. The van der Waals surface area contributed by atoms with Crippen LogP contribution in [-0.2, 0) is 4.79 Å². The van der Waals surface area contributed by atoms with Gasteiger partial charge in [0, 0.05) is 6.42 Å². The monoisotopic (exact) mass is 226 g/mol. The van der Waals surface area contributed by atoms with Gasteiger partial charge in [0.1, 0.15) is 6.29 Å². The van der Waals surface area contributed by atoms with Gasteiger partial charge in [0.25, 0.3) is 0 Å². The summed E-state index contributed by atoms with van der Waals surface area (Å²) in [6, 6.07) is 0. The van der Waals surface area contributed by atoms with E-state index in [1.165, 1.54) is 12.0 Å². The van der Waals surface area contributed by atoms with E-state index in [9.17, 15) is 4.79 Å². The highest BCUT2D eigenvalue weighted by Gasteiger charge is 2.03. The summed E-state index contributed by atoms with van der Waals surface area (Å²) >= 11 is 0. The second-order valence-corrected chi connectivity index (χ2v) is 4.86. The van der Waals surface area contributed by atoms with E-state index in [4.69, 9.17) is 5.11 Å². The summed E-state index contributed by atoms with van der Waals surface area (Å²) in [5, 5.41) is 9.17. The summed E-state index contributed by atoms with van der Waals surface area (Å²) in [5.74, 6) is 0.671. The van der Waals surface area contributed by atoms with Gasteiger partial charge in [-0.1, -0.05) is 18.6 Å². The van der Waals surface area contributed by atoms with Gasteiger partial charge < -0.3 is 9.90 Å². The van der Waals surface area contributed by atoms with Crippen LogP contribution in [-0.4, -0.2) is 17.5 Å². The standard InChI is InChI=1S/C14H26O2/c1-12(8-5-11-15)6-4-7-13(2)9-10-14(3)16/h6,11,13-14,16H,4-5,7-10H2,1-3H3. The van der Waals surface area contributed by atoms with E-state index in [0.717, 1.165) is 32.0 Å². The number of rotatable bonds is 9. The molecule has 0 saturated carbocycles. The molecule has 16 heavy (non-hydrogen) atoms. The molecule has 0 bridgehead atoms. The molecule has 0 aliphatic heterocycles. The normalized spacial score (nSPS) is 15.9. The van der Waals surface area contributed by atoms with Gasteiger partial charge in [0.2, 0.25) is 0 Å². The molecule has 94 valence electrons. The van der Waals surface area contributed by atoms with Crippen molar-refractivity contribution in [2.75, 3.05) is 0 Å². The van der Waals surface area contributed by atoms with E-state index in [1.807, 2.05) is 6.92 Å². The lowest BCUT2D eigenvalue weighted by Crippen LogP contribution is -2.03. The maximum absolute atomic E-state index is 10.2. The SMILES string of the molecule is CC(=CCCC(C)CCC(C)O)CCC=O. The molecular weight excluding hydrogens is 200 g/mol. The van der Waals surface area contributed by atoms with E-state index < -0.39 is 0 Å². The lowest BCUT2D eigenvalue weighted by atomic mass is 9.97. The number of hydrogen-bond acceptors (Lipinski definition) is 2. The first-order chi connectivity index (χ1) is 7.56. The average Bonchev–Trinajstić information content (AvgIpc) is 2.23. The van der Waals surface area contributed by atoms with Crippen LogP contribution >= 0.6 is 0 Å². The minimum Gasteiger partial charge on any atom is -0.393 e. The second kappa shape index (κ2) is 9.59. The summed E-state index contributed by atoms with van der Waals surface area (Å²) in [6.45, 7) is 6.16. The fraction of sp³-hybridized carbons (Fsp3) is 0.786. The molecule has 2 nitrogen and oxygen atoms in total. The number of aliphatic hydroxyl groups is 1. The third kappa shape index (κ3) is 9.91. The number of carbonyl (C=O) groups is 1. The van der Waals surface area contributed by atoms with Crippen LogP contribution in [0.25, 0.3) is 0 Å². The Labute approximate surface area is 99.7 Å². The number of aliphatic hydroxyl groups excluding tert-OH is 1. The molecule has 0 fully saturated rings. The van der Waals surface area contributed by atoms with Crippen LogP contribution in [0.5, 0.6) is 0 Å². The molecule has 0 amide bonds. The molecule has 1 N–H and O–H groups in total. The van der Waals surface area contributed by atoms with Gasteiger partial charge in [0.15, 0.2) is 0 Å². The first-order valence-electron chi connectivity index (χ1n) is 6.33. The molecule has 0 rings (SSSR count). The van der Waals surface area contributed by atoms with Crippen molar-refractivity contribution >= 4 is 6.29 Å². The first kappa shape index (κ1) is 15.4. The Hall–Kier alpha value is -0.630. The van der Waals surface area contributed by atoms with Crippen molar-refractivity contribution in [2.45, 2.75) is 65.4 Å². The number of aldehydes is 1. The van der Waals surface area contributed by atoms with Gasteiger partial charge in [-0.05, 0) is 51.9 Å². The zero-order chi connectivity index (χ0) is 12.4. The zero-order valence-electron chi connectivity index (χ0n) is 10.9. The lowest BCUT2D eigenvalue weighted by molar-refractivity contribution is -0.107. The molecule has 0 aliphatic carbocycles. The molecular formula is C14H26O2. The van der Waals surface area contributed by atoms with Crippen LogP contribution in [0.3, 0.4) is 0 Å². The van der Waals surface area contributed by atoms with Gasteiger partial charge in [0.05, 0.1) is 6.10 Å². The van der Waals surface area contributed by atoms with Crippen LogP contribution in [0.1, 0.15) is 59.3 Å². The third-order valence-corrected chi connectivity index (χ3v) is 2.89. The van der Waals surface area contributed by atoms with Crippen LogP contribution in [0, 0.1) is 5.92 Å². The largest absolute Gasteiger partial charge is 0.393 e. The molecule has 0 spiro atoms. The van der Waals surface area contributed by atoms with Crippen LogP contribution in [0.2, 0.25) is 0 Å². The van der Waals surface area contributed by atoms with E-state index in [1.54, 1.807) is 0 Å². The number of hydrogen-bond donors (Lipinski definition) is 1. The molecule has 0 heterocycles. The minimum absolute atomic E-state index is 0.174. The molecule has 0 radical (unpaired) electrons. The fourth-order valence-corrected chi connectivity index (χ4v) is 1.67. The molecule has 0 aromatic heterocycles. The topological polar surface area (TPSA) is 37.3 Å². The molecule has 0 aromatic carbocycles. The van der Waals surface area contributed by atoms with Gasteiger partial charge in [-0.3, -0.25) is 0 Å². The maximum Gasteiger partial charge on any atom is 0.120 e. The van der Waals surface area contributed by atoms with Crippen LogP contribution in [0.4, 0.5) is 0 Å². The Morgan fingerprint density at radius 3 is 2.44 bits per heavy atom. The van der Waals surface area contributed by atoms with E-state index in [-0.39, 0.29) is 6.10 Å². The first-order valence-corrected chi connectivity index (χ1v) is 6.33. The van der Waals surface area contributed by atoms with E-state index in [2.05, 4.69) is 19.9 Å². The second-order valence-electron chi connectivity index (χ2n) is 4.86. The summed E-state index contributed by atoms with van der Waals surface area (Å²) in [6.07, 6.45) is 8.83. The van der Waals surface area contributed by atoms with Crippen LogP contribution in [0.15, 0.2) is 11.6 Å². The Morgan fingerprint density at radius 1 is 1.19 bits per heavy atom. The average molecular weight is 226 g/mol. The molecule has 0 saturated heterocycles. The Bertz CT molecular complexity index is 207. The number of allylic oxidation sites excluding steroid dienone is 2. The van der Waals surface area contributed by atoms with E-state index >= 15 is 0 Å². The maximum atomic E-state index is 10.2. The summed E-state index contributed by atoms with van der Waals surface area (Å²) in [7, 11) is 0. The van der Waals surface area contributed by atoms with Crippen molar-refractivity contribution in [2.24, 2.45) is 5.92 Å². The van der Waals surface area contributed by atoms with Gasteiger partial charge >= 0.3 is 0 Å². The zero-order valence-corrected chi connectivity index (χ0v) is 10.9. The summed E-state index contributed by atoms with van der Waals surface area (Å²) < 4.78 is 0. The van der Waals surface area contributed by atoms with Crippen LogP contribution < -0.4 is 0 Å². The molecule has 2 unspecified atom stereocenters. The lowest BCUT2D eigenvalue weighted by Gasteiger charge is -2.11. The third-order valence-electron chi connectivity index (χ3n) is 2.89. The van der Waals surface area contributed by atoms with Gasteiger partial charge in [-0.15, -0.1) is 0 Å². The van der Waals surface area contributed by atoms with Crippen molar-refractivity contribution in [3.63, 3.8) is 0 Å². The molecule has 0 aromatic rings. The Morgan fingerprint density at radius 2 is 1.88 bits per heavy atom. The van der Waals surface area contributed by atoms with Crippen molar-refractivity contribution in [3.8, 4) is 0 Å². The number of carbonyl (C=O) groups excluding carboxylic acids is 1. The van der Waals surface area contributed by atoms with Crippen molar-refractivity contribution < 1.29 is 9.90 Å². The molecule has 0 aliphatic rings. The highest BCUT2D eigenvalue weighted by Crippen LogP contribution is 2.15. The van der Waals surface area contributed by atoms with Crippen molar-refractivity contribution in [3.05, 3.63) is 11.6 Å². The molecule has 2 heteroatoms. The Balaban J connectivity index is 3.58.